The van der Waals surface area contributed by atoms with Gasteiger partial charge in [0.2, 0.25) is 0 Å². The molecule has 1 aromatic carbocycles. The zero-order chi connectivity index (χ0) is 24.3. The summed E-state index contributed by atoms with van der Waals surface area (Å²) < 4.78 is 5.55. The maximum Gasteiger partial charge on any atom is 0.162 e. The van der Waals surface area contributed by atoms with Crippen molar-refractivity contribution in [2.75, 3.05) is 13.2 Å². The van der Waals surface area contributed by atoms with Crippen LogP contribution < -0.4 is 4.74 Å². The summed E-state index contributed by atoms with van der Waals surface area (Å²) in [6.07, 6.45) is 11.6. The van der Waals surface area contributed by atoms with Gasteiger partial charge in [-0.15, -0.1) is 0 Å². The lowest BCUT2D eigenvalue weighted by Crippen LogP contribution is -2.45. The first-order chi connectivity index (χ1) is 16.2. The largest absolute Gasteiger partial charge is 0.493 e. The van der Waals surface area contributed by atoms with Crippen molar-refractivity contribution in [3.8, 4) is 5.75 Å². The Kier molecular flexibility index (Phi) is 8.17. The van der Waals surface area contributed by atoms with E-state index in [1.54, 1.807) is 0 Å². The average Bonchev–Trinajstić information content (AvgIpc) is 3.34. The van der Waals surface area contributed by atoms with Crippen LogP contribution in [0.4, 0.5) is 0 Å². The van der Waals surface area contributed by atoms with Crippen LogP contribution in [-0.4, -0.2) is 41.7 Å². The molecule has 2 bridgehead atoms. The maximum absolute atomic E-state index is 12.7. The fourth-order valence-corrected chi connectivity index (χ4v) is 6.20. The minimum atomic E-state index is 0.267. The fraction of sp³-hybridized carbons (Fsp3) is 0.733. The Bertz CT molecular complexity index is 856. The smallest absolute Gasteiger partial charge is 0.162 e. The quantitative estimate of drug-likeness (QED) is 0.270. The van der Waals surface area contributed by atoms with Crippen LogP contribution in [-0.2, 0) is 11.2 Å². The van der Waals surface area contributed by atoms with Crippen LogP contribution in [0.5, 0.6) is 5.75 Å². The highest BCUT2D eigenvalue weighted by atomic mass is 16.5. The second-order valence-corrected chi connectivity index (χ2v) is 12.3. The van der Waals surface area contributed by atoms with E-state index >= 15 is 0 Å². The van der Waals surface area contributed by atoms with E-state index in [0.29, 0.717) is 36.8 Å². The number of benzene rings is 1. The highest BCUT2D eigenvalue weighted by Crippen LogP contribution is 2.40. The molecule has 4 rings (SSSR count). The van der Waals surface area contributed by atoms with Crippen molar-refractivity contribution in [2.24, 2.45) is 17.3 Å². The summed E-state index contributed by atoms with van der Waals surface area (Å²) in [7, 11) is 0. The molecule has 0 saturated carbocycles. The minimum absolute atomic E-state index is 0.267. The molecule has 3 aliphatic heterocycles. The van der Waals surface area contributed by atoms with Crippen molar-refractivity contribution < 1.29 is 14.3 Å². The molecule has 0 aliphatic carbocycles. The van der Waals surface area contributed by atoms with Crippen LogP contribution in [0.3, 0.4) is 0 Å². The Morgan fingerprint density at radius 2 is 1.82 bits per heavy atom. The molecule has 3 unspecified atom stereocenters. The molecule has 2 fully saturated rings. The molecule has 4 atom stereocenters. The Hall–Kier alpha value is -1.68. The third-order valence-corrected chi connectivity index (χ3v) is 8.95. The molecular formula is C30H45NO3. The lowest BCUT2D eigenvalue weighted by molar-refractivity contribution is -0.122. The van der Waals surface area contributed by atoms with Crippen molar-refractivity contribution in [3.63, 3.8) is 0 Å². The van der Waals surface area contributed by atoms with Crippen LogP contribution >= 0.6 is 0 Å². The molecule has 0 N–H and O–H groups in total. The minimum Gasteiger partial charge on any atom is -0.493 e. The number of carbonyl (C=O) groups excluding carboxylic acids is 2. The van der Waals surface area contributed by atoms with Gasteiger partial charge >= 0.3 is 0 Å². The van der Waals surface area contributed by atoms with Crippen molar-refractivity contribution in [3.05, 3.63) is 29.3 Å². The number of fused-ring (bicyclic) bond motifs is 3. The first-order valence-electron chi connectivity index (χ1n) is 13.8. The molecule has 0 aromatic heterocycles. The molecule has 188 valence electrons. The summed E-state index contributed by atoms with van der Waals surface area (Å²) in [5.41, 5.74) is 2.30. The number of hydrogen-bond donors (Lipinski definition) is 0. The second kappa shape index (κ2) is 10.9. The highest BCUT2D eigenvalue weighted by molar-refractivity contribution is 5.96. The predicted molar refractivity (Wildman–Crippen MR) is 138 cm³/mol. The molecule has 3 heterocycles. The van der Waals surface area contributed by atoms with Gasteiger partial charge in [0.15, 0.2) is 5.78 Å². The number of ether oxygens (including phenoxy) is 1. The first-order valence-corrected chi connectivity index (χ1v) is 13.8. The van der Waals surface area contributed by atoms with E-state index in [2.05, 4.69) is 32.6 Å². The zero-order valence-corrected chi connectivity index (χ0v) is 21.9. The molecular weight excluding hydrogens is 422 g/mol. The van der Waals surface area contributed by atoms with E-state index in [9.17, 15) is 9.59 Å². The monoisotopic (exact) mass is 467 g/mol. The SMILES string of the molecule is CC(CCC(=O)CN1C2CC[C@@H]1CC(CCCCC(=O)c1ccc3c(c1)CCO3)C2)C(C)(C)C. The van der Waals surface area contributed by atoms with Crippen LogP contribution in [0.2, 0.25) is 0 Å². The summed E-state index contributed by atoms with van der Waals surface area (Å²) >= 11 is 0. The Balaban J connectivity index is 1.15. The average molecular weight is 468 g/mol. The maximum atomic E-state index is 12.7. The van der Waals surface area contributed by atoms with Crippen LogP contribution in [0, 0.1) is 17.3 Å². The van der Waals surface area contributed by atoms with Crippen molar-refractivity contribution in [1.82, 2.24) is 4.90 Å². The summed E-state index contributed by atoms with van der Waals surface area (Å²) in [4.78, 5) is 27.9. The van der Waals surface area contributed by atoms with E-state index in [-0.39, 0.29) is 11.2 Å². The van der Waals surface area contributed by atoms with Gasteiger partial charge in [-0.1, -0.05) is 40.5 Å². The van der Waals surface area contributed by atoms with Gasteiger partial charge in [-0.3, -0.25) is 14.5 Å². The molecule has 0 radical (unpaired) electrons. The highest BCUT2D eigenvalue weighted by Gasteiger charge is 2.40. The van der Waals surface area contributed by atoms with Gasteiger partial charge in [0, 0.05) is 36.9 Å². The topological polar surface area (TPSA) is 46.6 Å². The van der Waals surface area contributed by atoms with Gasteiger partial charge in [-0.2, -0.15) is 0 Å². The van der Waals surface area contributed by atoms with E-state index < -0.39 is 0 Å². The lowest BCUT2D eigenvalue weighted by atomic mass is 9.79. The van der Waals surface area contributed by atoms with Crippen LogP contribution in [0.1, 0.15) is 108 Å². The van der Waals surface area contributed by atoms with E-state index in [0.717, 1.165) is 55.9 Å². The third kappa shape index (κ3) is 6.30. The number of piperidine rings is 1. The van der Waals surface area contributed by atoms with Gasteiger partial charge in [-0.25, -0.2) is 0 Å². The third-order valence-electron chi connectivity index (χ3n) is 8.95. The number of carbonyl (C=O) groups is 2. The van der Waals surface area contributed by atoms with Crippen molar-refractivity contribution in [2.45, 2.75) is 110 Å². The summed E-state index contributed by atoms with van der Waals surface area (Å²) in [5.74, 6) is 2.98. The standard InChI is InChI=1S/C30H45NO3/c1-21(30(2,3)4)9-13-27(32)20-31-25-11-12-26(31)18-22(17-25)7-5-6-8-28(33)23-10-14-29-24(19-23)15-16-34-29/h10,14,19,21-22,25-26H,5-9,11-13,15-18,20H2,1-4H3/t21?,22?,25-,26?/m1/s1. The Morgan fingerprint density at radius 3 is 2.53 bits per heavy atom. The van der Waals surface area contributed by atoms with E-state index in [1.165, 1.54) is 37.7 Å². The molecule has 1 aromatic rings. The number of ketones is 2. The summed E-state index contributed by atoms with van der Waals surface area (Å²) in [6.45, 7) is 10.5. The Labute approximate surface area is 206 Å². The normalized spacial score (nSPS) is 25.1. The fourth-order valence-electron chi connectivity index (χ4n) is 6.20. The van der Waals surface area contributed by atoms with E-state index in [1.807, 2.05) is 18.2 Å². The van der Waals surface area contributed by atoms with Crippen molar-refractivity contribution >= 4 is 11.6 Å². The number of rotatable bonds is 11. The number of nitrogens with zero attached hydrogens (tertiary/aromatic N) is 1. The summed E-state index contributed by atoms with van der Waals surface area (Å²) in [6, 6.07) is 7.11. The molecule has 4 heteroatoms. The molecule has 34 heavy (non-hydrogen) atoms. The van der Waals surface area contributed by atoms with Gasteiger partial charge in [0.05, 0.1) is 13.2 Å². The number of Topliss-reactive ketones (excluding diaryl/α,β-unsaturated/α-hetero) is 2. The van der Waals surface area contributed by atoms with Gasteiger partial charge in [0.1, 0.15) is 11.5 Å². The second-order valence-electron chi connectivity index (χ2n) is 12.3. The zero-order valence-electron chi connectivity index (χ0n) is 21.9. The van der Waals surface area contributed by atoms with Crippen LogP contribution in [0.15, 0.2) is 18.2 Å². The lowest BCUT2D eigenvalue weighted by Gasteiger charge is -2.39. The van der Waals surface area contributed by atoms with Gasteiger partial charge in [-0.05, 0) is 79.5 Å². The molecule has 2 saturated heterocycles. The number of hydrogen-bond acceptors (Lipinski definition) is 4. The summed E-state index contributed by atoms with van der Waals surface area (Å²) in [5, 5.41) is 0. The first kappa shape index (κ1) is 25.4. The predicted octanol–water partition coefficient (Wildman–Crippen LogP) is 6.64. The molecule has 0 spiro atoms. The molecule has 3 aliphatic rings. The van der Waals surface area contributed by atoms with E-state index in [4.69, 9.17) is 4.74 Å². The molecule has 0 amide bonds. The Morgan fingerprint density at radius 1 is 1.09 bits per heavy atom. The van der Waals surface area contributed by atoms with Crippen molar-refractivity contribution in [1.29, 1.82) is 0 Å². The molecule has 4 nitrogen and oxygen atoms in total. The van der Waals surface area contributed by atoms with Gasteiger partial charge < -0.3 is 4.74 Å². The van der Waals surface area contributed by atoms with Gasteiger partial charge in [0.25, 0.3) is 0 Å². The van der Waals surface area contributed by atoms with Crippen LogP contribution in [0.25, 0.3) is 0 Å². The number of unbranched alkanes of at least 4 members (excludes halogenated alkanes) is 1.